The molecule has 23 heavy (non-hydrogen) atoms. The zero-order valence-corrected chi connectivity index (χ0v) is 13.4. The van der Waals surface area contributed by atoms with Gasteiger partial charge in [0.25, 0.3) is 0 Å². The van der Waals surface area contributed by atoms with E-state index in [-0.39, 0.29) is 12.0 Å². The molecule has 1 saturated carbocycles. The molecule has 3 heterocycles. The standard InChI is InChI=1S/C17H25N5O/c23-17(12-7-8-13-15(11-12)20-21-19-13)22-10-4-2-6-16(22)14-5-1-3-9-18-14/h1,3,5,9,12-13,15-16,19-21H,2,4,6-8,10-11H2. The van der Waals surface area contributed by atoms with Gasteiger partial charge in [-0.25, -0.2) is 10.9 Å². The fourth-order valence-corrected chi connectivity index (χ4v) is 4.26. The number of hydrogen-bond acceptors (Lipinski definition) is 5. The second-order valence-corrected chi connectivity index (χ2v) is 6.93. The summed E-state index contributed by atoms with van der Waals surface area (Å²) in [4.78, 5) is 19.8. The zero-order valence-electron chi connectivity index (χ0n) is 13.4. The van der Waals surface area contributed by atoms with E-state index in [1.807, 2.05) is 18.3 Å². The van der Waals surface area contributed by atoms with E-state index in [9.17, 15) is 4.79 Å². The normalized spacial score (nSPS) is 34.2. The number of nitrogens with one attached hydrogen (secondary N) is 3. The molecule has 1 aromatic heterocycles. The lowest BCUT2D eigenvalue weighted by atomic mass is 9.81. The van der Waals surface area contributed by atoms with Crippen LogP contribution in [0.3, 0.4) is 0 Å². The molecule has 0 spiro atoms. The average Bonchev–Trinajstić information content (AvgIpc) is 3.09. The predicted octanol–water partition coefficient (Wildman–Crippen LogP) is 1.28. The van der Waals surface area contributed by atoms with Crippen molar-refractivity contribution in [3.63, 3.8) is 0 Å². The molecule has 6 heteroatoms. The van der Waals surface area contributed by atoms with Crippen molar-refractivity contribution >= 4 is 5.91 Å². The van der Waals surface area contributed by atoms with Crippen LogP contribution in [0.15, 0.2) is 24.4 Å². The molecule has 2 aliphatic heterocycles. The van der Waals surface area contributed by atoms with Crippen molar-refractivity contribution in [2.24, 2.45) is 5.92 Å². The Kier molecular flexibility index (Phi) is 4.29. The van der Waals surface area contributed by atoms with Gasteiger partial charge in [0.15, 0.2) is 0 Å². The summed E-state index contributed by atoms with van der Waals surface area (Å²) < 4.78 is 0. The maximum absolute atomic E-state index is 13.2. The van der Waals surface area contributed by atoms with Gasteiger partial charge < -0.3 is 4.90 Å². The number of pyridine rings is 1. The predicted molar refractivity (Wildman–Crippen MR) is 86.9 cm³/mol. The largest absolute Gasteiger partial charge is 0.334 e. The Morgan fingerprint density at radius 2 is 2.04 bits per heavy atom. The van der Waals surface area contributed by atoms with Crippen molar-refractivity contribution in [2.75, 3.05) is 6.54 Å². The first kappa shape index (κ1) is 15.1. The van der Waals surface area contributed by atoms with Crippen molar-refractivity contribution in [1.29, 1.82) is 0 Å². The molecule has 1 aromatic rings. The summed E-state index contributed by atoms with van der Waals surface area (Å²) in [6, 6.07) is 6.97. The molecule has 3 fully saturated rings. The third kappa shape index (κ3) is 2.98. The zero-order chi connectivity index (χ0) is 15.6. The Labute approximate surface area is 137 Å². The average molecular weight is 315 g/mol. The van der Waals surface area contributed by atoms with E-state index in [2.05, 4.69) is 32.3 Å². The molecule has 0 bridgehead atoms. The van der Waals surface area contributed by atoms with Crippen LogP contribution in [0.1, 0.15) is 50.3 Å². The topological polar surface area (TPSA) is 69.3 Å². The Morgan fingerprint density at radius 3 is 2.91 bits per heavy atom. The minimum atomic E-state index is 0.134. The molecule has 4 rings (SSSR count). The van der Waals surface area contributed by atoms with Crippen molar-refractivity contribution in [1.82, 2.24) is 26.3 Å². The van der Waals surface area contributed by atoms with E-state index in [1.54, 1.807) is 0 Å². The molecular formula is C17H25N5O. The summed E-state index contributed by atoms with van der Waals surface area (Å²) in [7, 11) is 0. The number of piperidine rings is 1. The molecule has 0 aromatic carbocycles. The monoisotopic (exact) mass is 315 g/mol. The minimum absolute atomic E-state index is 0.134. The van der Waals surface area contributed by atoms with Crippen LogP contribution in [0.5, 0.6) is 0 Å². The number of hydrogen-bond donors (Lipinski definition) is 3. The van der Waals surface area contributed by atoms with Crippen LogP contribution in [0.2, 0.25) is 0 Å². The van der Waals surface area contributed by atoms with Gasteiger partial charge in [0.1, 0.15) is 0 Å². The molecule has 124 valence electrons. The van der Waals surface area contributed by atoms with E-state index in [1.165, 1.54) is 6.42 Å². The highest BCUT2D eigenvalue weighted by Crippen LogP contribution is 2.34. The Morgan fingerprint density at radius 1 is 1.13 bits per heavy atom. The SMILES string of the molecule is O=C(C1CCC2NNNC2C1)N1CCCCC1c1ccccn1. The van der Waals surface area contributed by atoms with Crippen LogP contribution >= 0.6 is 0 Å². The van der Waals surface area contributed by atoms with Crippen LogP contribution in [0.4, 0.5) is 0 Å². The first-order valence-electron chi connectivity index (χ1n) is 8.80. The molecule has 4 unspecified atom stereocenters. The first-order chi connectivity index (χ1) is 11.3. The van der Waals surface area contributed by atoms with E-state index >= 15 is 0 Å². The summed E-state index contributed by atoms with van der Waals surface area (Å²) in [5, 5.41) is 0. The smallest absolute Gasteiger partial charge is 0.226 e. The number of carbonyl (C=O) groups is 1. The van der Waals surface area contributed by atoms with E-state index < -0.39 is 0 Å². The Hall–Kier alpha value is -1.50. The molecule has 2 saturated heterocycles. The number of fused-ring (bicyclic) bond motifs is 1. The van der Waals surface area contributed by atoms with Gasteiger partial charge in [-0.2, -0.15) is 5.53 Å². The second-order valence-electron chi connectivity index (χ2n) is 6.93. The van der Waals surface area contributed by atoms with E-state index in [0.717, 1.165) is 44.3 Å². The highest BCUT2D eigenvalue weighted by atomic mass is 16.2. The van der Waals surface area contributed by atoms with Crippen LogP contribution in [0, 0.1) is 5.92 Å². The van der Waals surface area contributed by atoms with Gasteiger partial charge in [-0.1, -0.05) is 6.07 Å². The third-order valence-corrected chi connectivity index (χ3v) is 5.53. The molecule has 1 aliphatic carbocycles. The number of aromatic nitrogens is 1. The van der Waals surface area contributed by atoms with Crippen LogP contribution in [-0.4, -0.2) is 34.4 Å². The van der Waals surface area contributed by atoms with Crippen molar-refractivity contribution < 1.29 is 4.79 Å². The summed E-state index contributed by atoms with van der Waals surface area (Å²) in [6.07, 6.45) is 8.07. The quantitative estimate of drug-likeness (QED) is 0.767. The highest BCUT2D eigenvalue weighted by Gasteiger charge is 2.40. The molecule has 3 N–H and O–H groups in total. The highest BCUT2D eigenvalue weighted by molar-refractivity contribution is 5.79. The van der Waals surface area contributed by atoms with Crippen molar-refractivity contribution in [2.45, 2.75) is 56.7 Å². The fraction of sp³-hybridized carbons (Fsp3) is 0.647. The minimum Gasteiger partial charge on any atom is -0.334 e. The molecule has 4 atom stereocenters. The van der Waals surface area contributed by atoms with Gasteiger partial charge in [-0.3, -0.25) is 9.78 Å². The van der Waals surface area contributed by atoms with Crippen molar-refractivity contribution in [3.8, 4) is 0 Å². The first-order valence-corrected chi connectivity index (χ1v) is 8.80. The number of amides is 1. The lowest BCUT2D eigenvalue weighted by Gasteiger charge is -2.39. The molecule has 3 aliphatic rings. The molecule has 1 amide bonds. The van der Waals surface area contributed by atoms with Gasteiger partial charge in [0, 0.05) is 30.7 Å². The molecule has 0 radical (unpaired) electrons. The number of rotatable bonds is 2. The van der Waals surface area contributed by atoms with Gasteiger partial charge >= 0.3 is 0 Å². The summed E-state index contributed by atoms with van der Waals surface area (Å²) in [5.41, 5.74) is 10.5. The number of carbonyl (C=O) groups excluding carboxylic acids is 1. The fourth-order valence-electron chi connectivity index (χ4n) is 4.26. The van der Waals surface area contributed by atoms with Gasteiger partial charge in [-0.05, 0) is 50.7 Å². The third-order valence-electron chi connectivity index (χ3n) is 5.53. The van der Waals surface area contributed by atoms with Crippen LogP contribution in [-0.2, 0) is 4.79 Å². The number of hydrazine groups is 2. The Bertz CT molecular complexity index is 551. The summed E-state index contributed by atoms with van der Waals surface area (Å²) in [5.74, 6) is 0.460. The van der Waals surface area contributed by atoms with Gasteiger partial charge in [-0.15, -0.1) is 0 Å². The van der Waals surface area contributed by atoms with Gasteiger partial charge in [0.05, 0.1) is 11.7 Å². The van der Waals surface area contributed by atoms with Crippen LogP contribution in [0.25, 0.3) is 0 Å². The number of nitrogens with zero attached hydrogens (tertiary/aromatic N) is 2. The summed E-state index contributed by atoms with van der Waals surface area (Å²) in [6.45, 7) is 0.870. The lowest BCUT2D eigenvalue weighted by Crippen LogP contribution is -2.47. The number of likely N-dealkylation sites (tertiary alicyclic amines) is 1. The second kappa shape index (κ2) is 6.55. The maximum atomic E-state index is 13.2. The molecule has 6 nitrogen and oxygen atoms in total. The summed E-state index contributed by atoms with van der Waals surface area (Å²) >= 11 is 0. The van der Waals surface area contributed by atoms with Crippen molar-refractivity contribution in [3.05, 3.63) is 30.1 Å². The lowest BCUT2D eigenvalue weighted by molar-refractivity contribution is -0.141. The van der Waals surface area contributed by atoms with E-state index in [4.69, 9.17) is 0 Å². The van der Waals surface area contributed by atoms with Gasteiger partial charge in [0.2, 0.25) is 5.91 Å². The maximum Gasteiger partial charge on any atom is 0.226 e. The van der Waals surface area contributed by atoms with E-state index in [0.29, 0.717) is 18.0 Å². The molecular weight excluding hydrogens is 290 g/mol. The van der Waals surface area contributed by atoms with Crippen LogP contribution < -0.4 is 16.4 Å². The Balaban J connectivity index is 1.49.